The minimum atomic E-state index is -4.93. The van der Waals surface area contributed by atoms with E-state index in [2.05, 4.69) is 10.4 Å². The lowest BCUT2D eigenvalue weighted by molar-refractivity contribution is -0.143. The van der Waals surface area contributed by atoms with E-state index >= 15 is 0 Å². The van der Waals surface area contributed by atoms with Crippen molar-refractivity contribution in [2.75, 3.05) is 19.6 Å². The maximum Gasteiger partial charge on any atom is 0.434 e. The monoisotopic (exact) mass is 438 g/mol. The van der Waals surface area contributed by atoms with Gasteiger partial charge < -0.3 is 10.2 Å². The smallest absolute Gasteiger partial charge is 0.356 e. The molecule has 0 radical (unpaired) electrons. The number of hydrogen-bond acceptors (Lipinski definition) is 3. The number of likely N-dealkylation sites (tertiary alicyclic amines) is 1. The number of aromatic nitrogens is 2. The zero-order valence-electron chi connectivity index (χ0n) is 16.7. The van der Waals surface area contributed by atoms with Crippen molar-refractivity contribution in [1.29, 1.82) is 0 Å². The number of para-hydroxylation sites is 1. The first-order chi connectivity index (χ1) is 14.8. The van der Waals surface area contributed by atoms with Gasteiger partial charge in [0.2, 0.25) is 5.91 Å². The second kappa shape index (κ2) is 8.32. The standard InChI is InChI=1S/C21H22F4N4O2/c22-16-5-1-2-6-17(16)29-18(21(23,24)25)15(11-27-29)20(31)28-9-3-4-14(12-28)19(30)26-10-13-7-8-13/h1-2,5-6,11,13-14H,3-4,7-10,12H2,(H,26,30). The molecule has 2 heterocycles. The van der Waals surface area contributed by atoms with Gasteiger partial charge in [0.15, 0.2) is 5.69 Å². The van der Waals surface area contributed by atoms with Crippen LogP contribution >= 0.6 is 0 Å². The molecule has 2 amide bonds. The van der Waals surface area contributed by atoms with Gasteiger partial charge in [-0.3, -0.25) is 9.59 Å². The average molecular weight is 438 g/mol. The zero-order valence-corrected chi connectivity index (χ0v) is 16.7. The van der Waals surface area contributed by atoms with Crippen LogP contribution in [0.4, 0.5) is 17.6 Å². The van der Waals surface area contributed by atoms with Crippen molar-refractivity contribution in [3.8, 4) is 5.69 Å². The SMILES string of the molecule is O=C(NCC1CC1)C1CCCN(C(=O)c2cnn(-c3ccccc3F)c2C(F)(F)F)C1. The van der Waals surface area contributed by atoms with E-state index in [1.54, 1.807) is 0 Å². The van der Waals surface area contributed by atoms with E-state index in [4.69, 9.17) is 0 Å². The molecule has 10 heteroatoms. The number of benzene rings is 1. The summed E-state index contributed by atoms with van der Waals surface area (Å²) in [5.41, 5.74) is -2.39. The number of halogens is 4. The molecule has 1 N–H and O–H groups in total. The highest BCUT2D eigenvalue weighted by atomic mass is 19.4. The van der Waals surface area contributed by atoms with Crippen LogP contribution in [0.2, 0.25) is 0 Å². The summed E-state index contributed by atoms with van der Waals surface area (Å²) < 4.78 is 56.1. The molecule has 0 spiro atoms. The predicted octanol–water partition coefficient (Wildman–Crippen LogP) is 3.41. The molecule has 2 fully saturated rings. The predicted molar refractivity (Wildman–Crippen MR) is 103 cm³/mol. The van der Waals surface area contributed by atoms with Crippen LogP contribution in [0, 0.1) is 17.7 Å². The Labute approximate surface area is 176 Å². The fraction of sp³-hybridized carbons (Fsp3) is 0.476. The summed E-state index contributed by atoms with van der Waals surface area (Å²) in [6.07, 6.45) is -0.866. The number of nitrogens with zero attached hydrogens (tertiary/aromatic N) is 3. The van der Waals surface area contributed by atoms with E-state index < -0.39 is 40.8 Å². The second-order valence-corrected chi connectivity index (χ2v) is 8.05. The molecule has 0 bridgehead atoms. The minimum Gasteiger partial charge on any atom is -0.356 e. The number of carbonyl (C=O) groups is 2. The Hall–Kier alpha value is -2.91. The van der Waals surface area contributed by atoms with Crippen LogP contribution in [-0.2, 0) is 11.0 Å². The van der Waals surface area contributed by atoms with Gasteiger partial charge in [-0.1, -0.05) is 12.1 Å². The van der Waals surface area contributed by atoms with Crippen molar-refractivity contribution >= 4 is 11.8 Å². The van der Waals surface area contributed by atoms with Gasteiger partial charge in [-0.15, -0.1) is 0 Å². The van der Waals surface area contributed by atoms with Crippen molar-refractivity contribution in [1.82, 2.24) is 20.0 Å². The van der Waals surface area contributed by atoms with Gasteiger partial charge in [0.05, 0.1) is 17.7 Å². The maximum atomic E-state index is 14.1. The van der Waals surface area contributed by atoms with E-state index in [9.17, 15) is 27.2 Å². The lowest BCUT2D eigenvalue weighted by Crippen LogP contribution is -2.46. The van der Waals surface area contributed by atoms with Crippen LogP contribution in [-0.4, -0.2) is 46.1 Å². The van der Waals surface area contributed by atoms with Gasteiger partial charge in [-0.25, -0.2) is 9.07 Å². The fourth-order valence-electron chi connectivity index (χ4n) is 3.84. The van der Waals surface area contributed by atoms with E-state index in [0.717, 1.165) is 31.2 Å². The Morgan fingerprint density at radius 1 is 1.16 bits per heavy atom. The van der Waals surface area contributed by atoms with Crippen LogP contribution in [0.5, 0.6) is 0 Å². The third kappa shape index (κ3) is 4.57. The van der Waals surface area contributed by atoms with E-state index in [-0.39, 0.29) is 19.0 Å². The number of alkyl halides is 3. The minimum absolute atomic E-state index is 0.0392. The van der Waals surface area contributed by atoms with E-state index in [1.807, 2.05) is 0 Å². The summed E-state index contributed by atoms with van der Waals surface area (Å²) in [6.45, 7) is 0.877. The lowest BCUT2D eigenvalue weighted by Gasteiger charge is -2.32. The topological polar surface area (TPSA) is 67.2 Å². The van der Waals surface area contributed by atoms with Gasteiger partial charge in [0.25, 0.3) is 5.91 Å². The van der Waals surface area contributed by atoms with E-state index in [1.165, 1.54) is 17.0 Å². The van der Waals surface area contributed by atoms with Crippen LogP contribution in [0.25, 0.3) is 5.69 Å². The van der Waals surface area contributed by atoms with Gasteiger partial charge in [-0.2, -0.15) is 18.3 Å². The molecule has 4 rings (SSSR count). The molecule has 2 aromatic rings. The molecule has 166 valence electrons. The Morgan fingerprint density at radius 2 is 1.90 bits per heavy atom. The highest BCUT2D eigenvalue weighted by Crippen LogP contribution is 2.35. The summed E-state index contributed by atoms with van der Waals surface area (Å²) in [7, 11) is 0. The average Bonchev–Trinajstić information content (AvgIpc) is 3.46. The normalized spacial score (nSPS) is 19.4. The van der Waals surface area contributed by atoms with Crippen molar-refractivity contribution in [3.05, 3.63) is 47.5 Å². The number of carbonyl (C=O) groups excluding carboxylic acids is 2. The van der Waals surface area contributed by atoms with Gasteiger partial charge in [0, 0.05) is 19.6 Å². The molecule has 1 aromatic carbocycles. The first kappa shape index (κ1) is 21.3. The molecular formula is C21H22F4N4O2. The molecule has 1 aliphatic heterocycles. The summed E-state index contributed by atoms with van der Waals surface area (Å²) in [4.78, 5) is 26.6. The molecule has 1 atom stereocenters. The number of amides is 2. The van der Waals surface area contributed by atoms with Crippen LogP contribution in [0.3, 0.4) is 0 Å². The molecule has 1 saturated heterocycles. The summed E-state index contributed by atoms with van der Waals surface area (Å²) in [5.74, 6) is -1.89. The molecule has 1 aliphatic carbocycles. The number of piperidine rings is 1. The number of rotatable bonds is 5. The van der Waals surface area contributed by atoms with E-state index in [0.29, 0.717) is 30.0 Å². The van der Waals surface area contributed by atoms with Crippen molar-refractivity contribution in [2.24, 2.45) is 11.8 Å². The first-order valence-corrected chi connectivity index (χ1v) is 10.2. The number of nitrogens with one attached hydrogen (secondary N) is 1. The molecule has 31 heavy (non-hydrogen) atoms. The molecule has 2 aliphatic rings. The van der Waals surface area contributed by atoms with Gasteiger partial charge in [-0.05, 0) is 43.7 Å². The third-order valence-corrected chi connectivity index (χ3v) is 5.69. The quantitative estimate of drug-likeness (QED) is 0.728. The van der Waals surface area contributed by atoms with Gasteiger partial charge >= 0.3 is 6.18 Å². The molecule has 1 aromatic heterocycles. The summed E-state index contributed by atoms with van der Waals surface area (Å²) in [5, 5.41) is 6.54. The molecule has 1 saturated carbocycles. The highest BCUT2D eigenvalue weighted by Gasteiger charge is 2.42. The number of hydrogen-bond donors (Lipinski definition) is 1. The molecule has 1 unspecified atom stereocenters. The Bertz CT molecular complexity index is 984. The van der Waals surface area contributed by atoms with Crippen LogP contribution in [0.1, 0.15) is 41.7 Å². The first-order valence-electron chi connectivity index (χ1n) is 10.2. The Balaban J connectivity index is 1.58. The molecular weight excluding hydrogens is 416 g/mol. The van der Waals surface area contributed by atoms with Crippen LogP contribution < -0.4 is 5.32 Å². The maximum absolute atomic E-state index is 14.1. The van der Waals surface area contributed by atoms with Gasteiger partial charge in [0.1, 0.15) is 11.5 Å². The van der Waals surface area contributed by atoms with Crippen LogP contribution in [0.15, 0.2) is 30.5 Å². The van der Waals surface area contributed by atoms with Crippen molar-refractivity contribution in [2.45, 2.75) is 31.9 Å². The lowest BCUT2D eigenvalue weighted by atomic mass is 9.96. The zero-order chi connectivity index (χ0) is 22.2. The summed E-state index contributed by atoms with van der Waals surface area (Å²) in [6, 6.07) is 4.92. The largest absolute Gasteiger partial charge is 0.434 e. The Morgan fingerprint density at radius 3 is 2.58 bits per heavy atom. The second-order valence-electron chi connectivity index (χ2n) is 8.05. The fourth-order valence-corrected chi connectivity index (χ4v) is 3.84. The Kier molecular flexibility index (Phi) is 5.72. The third-order valence-electron chi connectivity index (χ3n) is 5.69. The van der Waals surface area contributed by atoms with Crippen molar-refractivity contribution in [3.63, 3.8) is 0 Å². The highest BCUT2D eigenvalue weighted by molar-refractivity contribution is 5.96. The molecule has 6 nitrogen and oxygen atoms in total. The summed E-state index contributed by atoms with van der Waals surface area (Å²) >= 11 is 0. The van der Waals surface area contributed by atoms with Crippen molar-refractivity contribution < 1.29 is 27.2 Å².